The van der Waals surface area contributed by atoms with Gasteiger partial charge in [0, 0.05) is 19.2 Å². The molecule has 0 saturated carbocycles. The van der Waals surface area contributed by atoms with Crippen molar-refractivity contribution in [3.05, 3.63) is 27.8 Å². The van der Waals surface area contributed by atoms with E-state index in [1.54, 1.807) is 0 Å². The van der Waals surface area contributed by atoms with Crippen LogP contribution in [0.5, 0.6) is 0 Å². The van der Waals surface area contributed by atoms with Crippen LogP contribution in [0, 0.1) is 10.1 Å². The first kappa shape index (κ1) is 19.8. The third kappa shape index (κ3) is 4.19. The Hall–Kier alpha value is -2.24. The molecule has 3 N–H and O–H groups in total. The standard InChI is InChI=1S/C13H18N2O8S/c1-2-24(22,23)12-8-10(15(20)21)9(13(18)19)7-11(12)14(3-5-16)4-6-17/h7-8,16-17H,2-6H2,1H3,(H,18,19). The van der Waals surface area contributed by atoms with Crippen LogP contribution in [0.15, 0.2) is 17.0 Å². The summed E-state index contributed by atoms with van der Waals surface area (Å²) >= 11 is 0. The van der Waals surface area contributed by atoms with Gasteiger partial charge in [0.25, 0.3) is 5.69 Å². The van der Waals surface area contributed by atoms with Crippen molar-refractivity contribution in [1.82, 2.24) is 0 Å². The second-order valence-electron chi connectivity index (χ2n) is 4.74. The molecular formula is C13H18N2O8S. The molecule has 0 radical (unpaired) electrons. The quantitative estimate of drug-likeness (QED) is 0.402. The number of aliphatic hydroxyl groups is 2. The number of carboxylic acids is 1. The Morgan fingerprint density at radius 1 is 1.25 bits per heavy atom. The molecule has 11 heteroatoms. The molecule has 0 fully saturated rings. The zero-order chi connectivity index (χ0) is 18.5. The number of aromatic carboxylic acids is 1. The van der Waals surface area contributed by atoms with E-state index in [0.717, 1.165) is 6.07 Å². The molecule has 0 aliphatic heterocycles. The molecule has 0 unspecified atom stereocenters. The van der Waals surface area contributed by atoms with E-state index in [9.17, 15) is 23.3 Å². The van der Waals surface area contributed by atoms with Crippen molar-refractivity contribution < 1.29 is 33.5 Å². The molecule has 1 aromatic rings. The van der Waals surface area contributed by atoms with Crippen LogP contribution in [0.1, 0.15) is 17.3 Å². The summed E-state index contributed by atoms with van der Waals surface area (Å²) in [5.41, 5.74) is -1.62. The van der Waals surface area contributed by atoms with Gasteiger partial charge in [-0.25, -0.2) is 13.2 Å². The second-order valence-corrected chi connectivity index (χ2v) is 6.98. The topological polar surface area (TPSA) is 158 Å². The first-order chi connectivity index (χ1) is 11.2. The average Bonchev–Trinajstić information content (AvgIpc) is 2.53. The van der Waals surface area contributed by atoms with Crippen molar-refractivity contribution in [2.45, 2.75) is 11.8 Å². The average molecular weight is 362 g/mol. The Bertz CT molecular complexity index is 726. The minimum atomic E-state index is -3.91. The highest BCUT2D eigenvalue weighted by atomic mass is 32.2. The van der Waals surface area contributed by atoms with Gasteiger partial charge in [0.1, 0.15) is 5.56 Å². The van der Waals surface area contributed by atoms with Crippen LogP contribution in [0.25, 0.3) is 0 Å². The summed E-state index contributed by atoms with van der Waals surface area (Å²) in [6.07, 6.45) is 0. The summed E-state index contributed by atoms with van der Waals surface area (Å²) in [7, 11) is -3.91. The highest BCUT2D eigenvalue weighted by molar-refractivity contribution is 7.91. The molecule has 0 aliphatic rings. The Labute approximate surface area is 138 Å². The molecule has 0 amide bonds. The molecule has 1 aromatic carbocycles. The Kier molecular flexibility index (Phi) is 6.63. The van der Waals surface area contributed by atoms with Crippen molar-refractivity contribution in [2.75, 3.05) is 37.0 Å². The second kappa shape index (κ2) is 8.04. The number of nitrogens with zero attached hydrogens (tertiary/aromatic N) is 2. The van der Waals surface area contributed by atoms with Gasteiger partial charge in [0.05, 0.1) is 34.5 Å². The molecule has 0 heterocycles. The fourth-order valence-corrected chi connectivity index (χ4v) is 3.23. The van der Waals surface area contributed by atoms with E-state index in [4.69, 9.17) is 15.3 Å². The summed E-state index contributed by atoms with van der Waals surface area (Å²) in [6, 6.07) is 1.59. The summed E-state index contributed by atoms with van der Waals surface area (Å²) in [5.74, 6) is -1.94. The normalized spacial score (nSPS) is 11.3. The van der Waals surface area contributed by atoms with Gasteiger partial charge >= 0.3 is 5.97 Å². The Morgan fingerprint density at radius 3 is 2.17 bits per heavy atom. The lowest BCUT2D eigenvalue weighted by Crippen LogP contribution is -2.31. The minimum Gasteiger partial charge on any atom is -0.477 e. The van der Waals surface area contributed by atoms with Gasteiger partial charge in [-0.1, -0.05) is 6.92 Å². The van der Waals surface area contributed by atoms with Gasteiger partial charge in [0.2, 0.25) is 0 Å². The maximum atomic E-state index is 12.3. The highest BCUT2D eigenvalue weighted by Crippen LogP contribution is 2.33. The molecular weight excluding hydrogens is 344 g/mol. The highest BCUT2D eigenvalue weighted by Gasteiger charge is 2.29. The van der Waals surface area contributed by atoms with Gasteiger partial charge in [-0.05, 0) is 6.07 Å². The smallest absolute Gasteiger partial charge is 0.342 e. The number of carboxylic acid groups (broad SMARTS) is 1. The number of nitro groups is 1. The predicted molar refractivity (Wildman–Crippen MR) is 84.2 cm³/mol. The van der Waals surface area contributed by atoms with E-state index in [2.05, 4.69) is 0 Å². The van der Waals surface area contributed by atoms with E-state index >= 15 is 0 Å². The van der Waals surface area contributed by atoms with E-state index in [1.165, 1.54) is 11.8 Å². The third-order valence-corrected chi connectivity index (χ3v) is 5.06. The SMILES string of the molecule is CCS(=O)(=O)c1cc([N+](=O)[O-])c(C(=O)O)cc1N(CCO)CCO. The molecule has 0 atom stereocenters. The van der Waals surface area contributed by atoms with Crippen molar-refractivity contribution in [1.29, 1.82) is 0 Å². The number of aliphatic hydroxyl groups excluding tert-OH is 2. The summed E-state index contributed by atoms with van der Waals surface area (Å²) < 4.78 is 24.5. The fraction of sp³-hybridized carbons (Fsp3) is 0.462. The lowest BCUT2D eigenvalue weighted by atomic mass is 10.1. The maximum absolute atomic E-state index is 12.3. The van der Waals surface area contributed by atoms with Gasteiger partial charge in [-0.3, -0.25) is 10.1 Å². The molecule has 10 nitrogen and oxygen atoms in total. The van der Waals surface area contributed by atoms with Crippen molar-refractivity contribution in [2.24, 2.45) is 0 Å². The molecule has 0 bridgehead atoms. The largest absolute Gasteiger partial charge is 0.477 e. The van der Waals surface area contributed by atoms with Crippen LogP contribution < -0.4 is 4.90 Å². The predicted octanol–water partition coefficient (Wildman–Crippen LogP) is -0.122. The molecule has 24 heavy (non-hydrogen) atoms. The number of nitro benzene ring substituents is 1. The summed E-state index contributed by atoms with van der Waals surface area (Å²) in [6.45, 7) is 0.418. The lowest BCUT2D eigenvalue weighted by molar-refractivity contribution is -0.385. The van der Waals surface area contributed by atoms with E-state index in [0.29, 0.717) is 6.07 Å². The first-order valence-electron chi connectivity index (χ1n) is 6.94. The van der Waals surface area contributed by atoms with Gasteiger partial charge < -0.3 is 20.2 Å². The Balaban J connectivity index is 3.79. The van der Waals surface area contributed by atoms with Crippen LogP contribution in [0.3, 0.4) is 0 Å². The van der Waals surface area contributed by atoms with Crippen molar-refractivity contribution in [3.8, 4) is 0 Å². The Morgan fingerprint density at radius 2 is 1.79 bits per heavy atom. The molecule has 0 spiro atoms. The summed E-state index contributed by atoms with van der Waals surface area (Å²) in [4.78, 5) is 22.2. The van der Waals surface area contributed by atoms with Crippen LogP contribution in [0.4, 0.5) is 11.4 Å². The van der Waals surface area contributed by atoms with E-state index < -0.39 is 36.9 Å². The molecule has 0 aliphatic carbocycles. The molecule has 1 rings (SSSR count). The zero-order valence-electron chi connectivity index (χ0n) is 12.9. The number of hydrogen-bond donors (Lipinski definition) is 3. The van der Waals surface area contributed by atoms with Crippen LogP contribution in [-0.2, 0) is 9.84 Å². The van der Waals surface area contributed by atoms with Crippen LogP contribution >= 0.6 is 0 Å². The monoisotopic (exact) mass is 362 g/mol. The van der Waals surface area contributed by atoms with Crippen LogP contribution in [0.2, 0.25) is 0 Å². The number of sulfone groups is 1. The van der Waals surface area contributed by atoms with Crippen molar-refractivity contribution >= 4 is 27.2 Å². The van der Waals surface area contributed by atoms with Gasteiger partial charge in [0.15, 0.2) is 9.84 Å². The molecule has 0 aromatic heterocycles. The van der Waals surface area contributed by atoms with Crippen LogP contribution in [-0.4, -0.2) is 66.7 Å². The zero-order valence-corrected chi connectivity index (χ0v) is 13.7. The number of benzene rings is 1. The van der Waals surface area contributed by atoms with E-state index in [1.807, 2.05) is 0 Å². The van der Waals surface area contributed by atoms with Gasteiger partial charge in [-0.2, -0.15) is 0 Å². The minimum absolute atomic E-state index is 0.0797. The number of hydrogen-bond acceptors (Lipinski definition) is 8. The summed E-state index contributed by atoms with van der Waals surface area (Å²) in [5, 5.41) is 38.4. The number of anilines is 1. The van der Waals surface area contributed by atoms with E-state index in [-0.39, 0.29) is 37.7 Å². The number of rotatable bonds is 9. The maximum Gasteiger partial charge on any atom is 0.342 e. The molecule has 134 valence electrons. The first-order valence-corrected chi connectivity index (χ1v) is 8.60. The molecule has 0 saturated heterocycles. The van der Waals surface area contributed by atoms with Crippen molar-refractivity contribution in [3.63, 3.8) is 0 Å². The fourth-order valence-electron chi connectivity index (χ4n) is 2.13. The number of carbonyl (C=O) groups is 1. The lowest BCUT2D eigenvalue weighted by Gasteiger charge is -2.25. The third-order valence-electron chi connectivity index (χ3n) is 3.30. The van der Waals surface area contributed by atoms with Gasteiger partial charge in [-0.15, -0.1) is 0 Å².